The second-order valence-electron chi connectivity index (χ2n) is 4.14. The van der Waals surface area contributed by atoms with E-state index in [4.69, 9.17) is 4.84 Å². The van der Waals surface area contributed by atoms with Gasteiger partial charge >= 0.3 is 0 Å². The fourth-order valence-electron chi connectivity index (χ4n) is 1.94. The Morgan fingerprint density at radius 2 is 2.00 bits per heavy atom. The molecule has 4 heterocycles. The van der Waals surface area contributed by atoms with Crippen LogP contribution in [0.4, 0.5) is 0 Å². The van der Waals surface area contributed by atoms with Crippen molar-refractivity contribution in [2.24, 2.45) is 0 Å². The topological polar surface area (TPSA) is 83.0 Å². The molecule has 0 bridgehead atoms. The molecule has 0 atom stereocenters. The van der Waals surface area contributed by atoms with E-state index in [0.29, 0.717) is 11.2 Å². The normalized spacial score (nSPS) is 11.2. The summed E-state index contributed by atoms with van der Waals surface area (Å²) in [5, 5.41) is 12.1. The number of pyridine rings is 1. The molecule has 0 fully saturated rings. The molecule has 20 heavy (non-hydrogen) atoms. The van der Waals surface area contributed by atoms with Gasteiger partial charge in [-0.3, -0.25) is 0 Å². The minimum Gasteiger partial charge on any atom is -0.389 e. The summed E-state index contributed by atoms with van der Waals surface area (Å²) in [6, 6.07) is 5.45. The van der Waals surface area contributed by atoms with Gasteiger partial charge in [-0.25, -0.2) is 14.5 Å². The van der Waals surface area contributed by atoms with Crippen LogP contribution in [-0.4, -0.2) is 34.7 Å². The van der Waals surface area contributed by atoms with E-state index < -0.39 is 0 Å². The summed E-state index contributed by atoms with van der Waals surface area (Å²) in [4.78, 5) is 15.3. The quantitative estimate of drug-likeness (QED) is 0.537. The Kier molecular flexibility index (Phi) is 2.31. The summed E-state index contributed by atoms with van der Waals surface area (Å²) in [6.07, 6.45) is 6.93. The van der Waals surface area contributed by atoms with Crippen LogP contribution < -0.4 is 4.84 Å². The minimum atomic E-state index is 0.287. The molecule has 0 radical (unpaired) electrons. The first-order chi connectivity index (χ1) is 9.92. The molecule has 0 amide bonds. The lowest BCUT2D eigenvalue weighted by Crippen LogP contribution is -2.13. The molecule has 0 aliphatic rings. The maximum Gasteiger partial charge on any atom is 0.219 e. The Labute approximate surface area is 112 Å². The van der Waals surface area contributed by atoms with E-state index in [1.165, 1.54) is 4.85 Å². The van der Waals surface area contributed by atoms with Crippen molar-refractivity contribution < 1.29 is 4.84 Å². The van der Waals surface area contributed by atoms with Crippen molar-refractivity contribution in [3.8, 4) is 0 Å². The highest BCUT2D eigenvalue weighted by atomic mass is 16.7. The zero-order valence-electron chi connectivity index (χ0n) is 10.3. The highest BCUT2D eigenvalue weighted by Crippen LogP contribution is 2.09. The van der Waals surface area contributed by atoms with Crippen LogP contribution in [0.25, 0.3) is 16.8 Å². The zero-order chi connectivity index (χ0) is 13.4. The molecule has 8 nitrogen and oxygen atoms in total. The third-order valence-electron chi connectivity index (χ3n) is 2.88. The molecule has 0 aromatic carbocycles. The molecule has 0 unspecified atom stereocenters. The molecule has 4 aromatic rings. The van der Waals surface area contributed by atoms with E-state index in [9.17, 15) is 0 Å². The largest absolute Gasteiger partial charge is 0.389 e. The van der Waals surface area contributed by atoms with Crippen LogP contribution in [0.3, 0.4) is 0 Å². The first-order valence-electron chi connectivity index (χ1n) is 5.99. The molecule has 4 aromatic heterocycles. The van der Waals surface area contributed by atoms with E-state index in [2.05, 4.69) is 25.4 Å². The summed E-state index contributed by atoms with van der Waals surface area (Å²) in [5.74, 6) is 0. The Morgan fingerprint density at radius 3 is 3.00 bits per heavy atom. The highest BCUT2D eigenvalue weighted by molar-refractivity contribution is 5.68. The monoisotopic (exact) mass is 267 g/mol. The lowest BCUT2D eigenvalue weighted by atomic mass is 10.4. The summed E-state index contributed by atoms with van der Waals surface area (Å²) in [7, 11) is 0. The fourth-order valence-corrected chi connectivity index (χ4v) is 1.94. The molecular weight excluding hydrogens is 258 g/mol. The Morgan fingerprint density at radius 1 is 1.10 bits per heavy atom. The lowest BCUT2D eigenvalue weighted by molar-refractivity contribution is 0.0745. The van der Waals surface area contributed by atoms with Crippen LogP contribution in [0.15, 0.2) is 43.0 Å². The maximum absolute atomic E-state index is 5.60. The molecular formula is C12H9N7O. The average Bonchev–Trinajstić information content (AvgIpc) is 3.09. The smallest absolute Gasteiger partial charge is 0.219 e. The van der Waals surface area contributed by atoms with Crippen LogP contribution in [0.2, 0.25) is 0 Å². The molecule has 0 aliphatic heterocycles. The second kappa shape index (κ2) is 4.26. The summed E-state index contributed by atoms with van der Waals surface area (Å²) >= 11 is 0. The summed E-state index contributed by atoms with van der Waals surface area (Å²) in [6.45, 7) is 0.287. The third-order valence-corrected chi connectivity index (χ3v) is 2.88. The van der Waals surface area contributed by atoms with Gasteiger partial charge in [-0.2, -0.15) is 5.10 Å². The van der Waals surface area contributed by atoms with Gasteiger partial charge in [-0.15, -0.1) is 5.10 Å². The van der Waals surface area contributed by atoms with Gasteiger partial charge in [0.05, 0.1) is 11.8 Å². The first-order valence-corrected chi connectivity index (χ1v) is 5.99. The van der Waals surface area contributed by atoms with Crippen molar-refractivity contribution >= 4 is 16.8 Å². The van der Waals surface area contributed by atoms with Gasteiger partial charge in [0, 0.05) is 18.6 Å². The van der Waals surface area contributed by atoms with Crippen LogP contribution in [0.5, 0.6) is 0 Å². The van der Waals surface area contributed by atoms with Crippen molar-refractivity contribution in [2.75, 3.05) is 0 Å². The predicted molar refractivity (Wildman–Crippen MR) is 68.6 cm³/mol. The van der Waals surface area contributed by atoms with E-state index in [-0.39, 0.29) is 6.61 Å². The number of hydrogen-bond acceptors (Lipinski definition) is 6. The maximum atomic E-state index is 5.60. The van der Waals surface area contributed by atoms with Crippen molar-refractivity contribution in [3.05, 3.63) is 48.5 Å². The van der Waals surface area contributed by atoms with Gasteiger partial charge in [0.2, 0.25) is 5.65 Å². The Balaban J connectivity index is 1.64. The highest BCUT2D eigenvalue weighted by Gasteiger charge is 2.09. The number of fused-ring (bicyclic) bond motifs is 2. The van der Waals surface area contributed by atoms with Crippen LogP contribution in [0, 0.1) is 0 Å². The van der Waals surface area contributed by atoms with Crippen molar-refractivity contribution in [3.63, 3.8) is 0 Å². The molecule has 98 valence electrons. The number of hydrogen-bond donors (Lipinski definition) is 0. The minimum absolute atomic E-state index is 0.287. The first kappa shape index (κ1) is 10.9. The number of rotatable bonds is 3. The van der Waals surface area contributed by atoms with Crippen molar-refractivity contribution in [1.82, 2.24) is 34.7 Å². The standard InChI is InChI=1S/C12H9N7O/c1-3-10-12(14-4-1)19(17-16-10)20-8-9-7-15-18-6-2-5-13-11(9)18/h1-7H,8H2. The van der Waals surface area contributed by atoms with Gasteiger partial charge in [-0.05, 0) is 23.4 Å². The van der Waals surface area contributed by atoms with Gasteiger partial charge in [0.25, 0.3) is 0 Å². The third kappa shape index (κ3) is 1.66. The number of aromatic nitrogens is 7. The van der Waals surface area contributed by atoms with Gasteiger partial charge < -0.3 is 4.84 Å². The molecule has 8 heteroatoms. The van der Waals surface area contributed by atoms with E-state index >= 15 is 0 Å². The molecule has 0 saturated carbocycles. The Bertz CT molecular complexity index is 807. The predicted octanol–water partition coefficient (Wildman–Crippen LogP) is 0.498. The van der Waals surface area contributed by atoms with Crippen LogP contribution >= 0.6 is 0 Å². The molecule has 0 spiro atoms. The van der Waals surface area contributed by atoms with Crippen molar-refractivity contribution in [1.29, 1.82) is 0 Å². The van der Waals surface area contributed by atoms with Crippen molar-refractivity contribution in [2.45, 2.75) is 6.61 Å². The van der Waals surface area contributed by atoms with Gasteiger partial charge in [0.15, 0.2) is 5.65 Å². The summed E-state index contributed by atoms with van der Waals surface area (Å²) in [5.41, 5.74) is 2.89. The van der Waals surface area contributed by atoms with Crippen LogP contribution in [-0.2, 0) is 6.61 Å². The lowest BCUT2D eigenvalue weighted by Gasteiger charge is -2.02. The zero-order valence-corrected chi connectivity index (χ0v) is 10.3. The van der Waals surface area contributed by atoms with E-state index in [1.54, 1.807) is 29.2 Å². The Hall–Kier alpha value is -3.03. The van der Waals surface area contributed by atoms with E-state index in [0.717, 1.165) is 11.2 Å². The molecule has 4 rings (SSSR count). The second-order valence-corrected chi connectivity index (χ2v) is 4.14. The van der Waals surface area contributed by atoms with Gasteiger partial charge in [-0.1, -0.05) is 4.85 Å². The van der Waals surface area contributed by atoms with Crippen LogP contribution in [0.1, 0.15) is 5.56 Å². The van der Waals surface area contributed by atoms with Gasteiger partial charge in [0.1, 0.15) is 12.1 Å². The molecule has 0 N–H and O–H groups in total. The molecule has 0 saturated heterocycles. The number of nitrogens with zero attached hydrogens (tertiary/aromatic N) is 7. The SMILES string of the molecule is c1cnc2c(c1)nnn2OCc1cnn2cccnc12. The average molecular weight is 267 g/mol. The molecule has 0 aliphatic carbocycles. The van der Waals surface area contributed by atoms with E-state index in [1.807, 2.05) is 18.3 Å². The fraction of sp³-hybridized carbons (Fsp3) is 0.0833. The summed E-state index contributed by atoms with van der Waals surface area (Å²) < 4.78 is 1.69.